The smallest absolute Gasteiger partial charge is 0.243 e. The van der Waals surface area contributed by atoms with Gasteiger partial charge in [0.1, 0.15) is 11.9 Å². The number of carbonyl (C=O) groups excluding carboxylic acids is 1. The molecule has 150 valence electrons. The topological polar surface area (TPSA) is 91.4 Å². The van der Waals surface area contributed by atoms with Crippen LogP contribution in [0.15, 0.2) is 47.6 Å². The van der Waals surface area contributed by atoms with E-state index in [1.165, 1.54) is 16.4 Å². The van der Waals surface area contributed by atoms with Gasteiger partial charge in [0.25, 0.3) is 0 Å². The molecule has 2 heterocycles. The molecular formula is C19H23FN4O3S. The molecule has 1 amide bonds. The lowest BCUT2D eigenvalue weighted by molar-refractivity contribution is -0.124. The van der Waals surface area contributed by atoms with Crippen molar-refractivity contribution < 1.29 is 17.6 Å². The third-order valence-corrected chi connectivity index (χ3v) is 6.61. The number of nitrogens with zero attached hydrogens (tertiary/aromatic N) is 2. The summed E-state index contributed by atoms with van der Waals surface area (Å²) in [4.78, 5) is 16.6. The molecular weight excluding hydrogens is 383 g/mol. The van der Waals surface area contributed by atoms with Gasteiger partial charge in [-0.3, -0.25) is 9.78 Å². The van der Waals surface area contributed by atoms with E-state index in [4.69, 9.17) is 0 Å². The minimum Gasteiger partial charge on any atom is -0.383 e. The van der Waals surface area contributed by atoms with Crippen LogP contribution in [0.2, 0.25) is 0 Å². The van der Waals surface area contributed by atoms with Gasteiger partial charge in [-0.25, -0.2) is 12.8 Å². The first-order valence-electron chi connectivity index (χ1n) is 9.09. The molecule has 0 radical (unpaired) electrons. The Hall–Kier alpha value is -2.52. The summed E-state index contributed by atoms with van der Waals surface area (Å²) in [6.07, 6.45) is 4.50. The molecule has 1 saturated heterocycles. The SMILES string of the molecule is Cc1cnccc1NCCNC(=O)C1CCCN1S(=O)(=O)c1ccc(F)cc1. The standard InChI is InChI=1S/C19H23FN4O3S/c1-14-13-21-9-8-17(14)22-10-11-23-19(25)18-3-2-12-24(18)28(26,27)16-6-4-15(20)5-7-16/h4-9,13,18H,2-3,10-12H2,1H3,(H,21,22)(H,23,25). The van der Waals surface area contributed by atoms with Gasteiger partial charge in [0.15, 0.2) is 0 Å². The van der Waals surface area contributed by atoms with Gasteiger partial charge in [0, 0.05) is 37.7 Å². The van der Waals surface area contributed by atoms with Crippen molar-refractivity contribution in [2.24, 2.45) is 0 Å². The van der Waals surface area contributed by atoms with Crippen molar-refractivity contribution in [2.45, 2.75) is 30.7 Å². The number of pyridine rings is 1. The molecule has 1 aromatic carbocycles. The van der Waals surface area contributed by atoms with E-state index in [9.17, 15) is 17.6 Å². The maximum absolute atomic E-state index is 13.1. The van der Waals surface area contributed by atoms with Gasteiger partial charge >= 0.3 is 0 Å². The molecule has 9 heteroatoms. The summed E-state index contributed by atoms with van der Waals surface area (Å²) in [7, 11) is -3.85. The van der Waals surface area contributed by atoms with Gasteiger partial charge in [-0.2, -0.15) is 4.31 Å². The molecule has 7 nitrogen and oxygen atoms in total. The third-order valence-electron chi connectivity index (χ3n) is 4.69. The zero-order valence-electron chi connectivity index (χ0n) is 15.6. The molecule has 0 aliphatic carbocycles. The highest BCUT2D eigenvalue weighted by molar-refractivity contribution is 7.89. The van der Waals surface area contributed by atoms with E-state index in [2.05, 4.69) is 15.6 Å². The zero-order valence-corrected chi connectivity index (χ0v) is 16.4. The van der Waals surface area contributed by atoms with Crippen molar-refractivity contribution >= 4 is 21.6 Å². The monoisotopic (exact) mass is 406 g/mol. The number of hydrogen-bond donors (Lipinski definition) is 2. The van der Waals surface area contributed by atoms with Crippen molar-refractivity contribution in [2.75, 3.05) is 25.0 Å². The predicted molar refractivity (Wildman–Crippen MR) is 104 cm³/mol. The van der Waals surface area contributed by atoms with Crippen LogP contribution in [0.5, 0.6) is 0 Å². The normalized spacial score (nSPS) is 17.4. The van der Waals surface area contributed by atoms with E-state index in [-0.39, 0.29) is 17.3 Å². The number of sulfonamides is 1. The fourth-order valence-electron chi connectivity index (χ4n) is 3.20. The summed E-state index contributed by atoms with van der Waals surface area (Å²) >= 11 is 0. The summed E-state index contributed by atoms with van der Waals surface area (Å²) in [5, 5.41) is 6.00. The lowest BCUT2D eigenvalue weighted by Gasteiger charge is -2.23. The summed E-state index contributed by atoms with van der Waals surface area (Å²) < 4.78 is 39.9. The number of carbonyl (C=O) groups is 1. The molecule has 1 fully saturated rings. The molecule has 1 aliphatic heterocycles. The molecule has 3 rings (SSSR count). The zero-order chi connectivity index (χ0) is 20.1. The average molecular weight is 406 g/mol. The first kappa shape index (κ1) is 20.2. The Morgan fingerprint density at radius 1 is 1.25 bits per heavy atom. The van der Waals surface area contributed by atoms with Crippen LogP contribution in [0.3, 0.4) is 0 Å². The van der Waals surface area contributed by atoms with E-state index in [0.29, 0.717) is 25.9 Å². The van der Waals surface area contributed by atoms with Crippen LogP contribution < -0.4 is 10.6 Å². The Balaban J connectivity index is 1.58. The largest absolute Gasteiger partial charge is 0.383 e. The number of hydrogen-bond acceptors (Lipinski definition) is 5. The van der Waals surface area contributed by atoms with Crippen LogP contribution >= 0.6 is 0 Å². The van der Waals surface area contributed by atoms with Crippen LogP contribution in [0, 0.1) is 12.7 Å². The van der Waals surface area contributed by atoms with Crippen LogP contribution in [-0.4, -0.2) is 49.3 Å². The van der Waals surface area contributed by atoms with E-state index in [0.717, 1.165) is 23.4 Å². The van der Waals surface area contributed by atoms with E-state index >= 15 is 0 Å². The first-order chi connectivity index (χ1) is 13.4. The minimum atomic E-state index is -3.85. The highest BCUT2D eigenvalue weighted by atomic mass is 32.2. The quantitative estimate of drug-likeness (QED) is 0.686. The molecule has 0 spiro atoms. The fraction of sp³-hybridized carbons (Fsp3) is 0.368. The Kier molecular flexibility index (Phi) is 6.25. The third kappa shape index (κ3) is 4.48. The van der Waals surface area contributed by atoms with Gasteiger partial charge in [0.2, 0.25) is 15.9 Å². The molecule has 1 aromatic heterocycles. The van der Waals surface area contributed by atoms with Crippen molar-refractivity contribution in [1.82, 2.24) is 14.6 Å². The molecule has 2 aromatic rings. The molecule has 1 aliphatic rings. The van der Waals surface area contributed by atoms with Gasteiger partial charge in [-0.15, -0.1) is 0 Å². The fourth-order valence-corrected chi connectivity index (χ4v) is 4.86. The number of amides is 1. The summed E-state index contributed by atoms with van der Waals surface area (Å²) in [6, 6.07) is 5.75. The number of rotatable bonds is 7. The second-order valence-electron chi connectivity index (χ2n) is 6.64. The van der Waals surface area contributed by atoms with Crippen LogP contribution in [0.4, 0.5) is 10.1 Å². The van der Waals surface area contributed by atoms with Crippen molar-refractivity contribution in [3.05, 3.63) is 54.1 Å². The molecule has 1 unspecified atom stereocenters. The lowest BCUT2D eigenvalue weighted by Crippen LogP contribution is -2.46. The maximum atomic E-state index is 13.1. The van der Waals surface area contributed by atoms with Gasteiger partial charge in [-0.1, -0.05) is 0 Å². The molecule has 0 saturated carbocycles. The second kappa shape index (κ2) is 8.66. The Morgan fingerprint density at radius 3 is 2.71 bits per heavy atom. The average Bonchev–Trinajstić information content (AvgIpc) is 3.17. The highest BCUT2D eigenvalue weighted by Crippen LogP contribution is 2.26. The highest BCUT2D eigenvalue weighted by Gasteiger charge is 2.39. The van der Waals surface area contributed by atoms with Gasteiger partial charge in [0.05, 0.1) is 4.90 Å². The van der Waals surface area contributed by atoms with Gasteiger partial charge < -0.3 is 10.6 Å². The van der Waals surface area contributed by atoms with Crippen molar-refractivity contribution in [1.29, 1.82) is 0 Å². The van der Waals surface area contributed by atoms with Crippen molar-refractivity contribution in [3.8, 4) is 0 Å². The Bertz CT molecular complexity index is 934. The van der Waals surface area contributed by atoms with Crippen LogP contribution in [0.25, 0.3) is 0 Å². The minimum absolute atomic E-state index is 0.0107. The maximum Gasteiger partial charge on any atom is 0.243 e. The Labute approximate surface area is 164 Å². The molecule has 2 N–H and O–H groups in total. The number of nitrogens with one attached hydrogen (secondary N) is 2. The van der Waals surface area contributed by atoms with Crippen LogP contribution in [-0.2, 0) is 14.8 Å². The molecule has 28 heavy (non-hydrogen) atoms. The number of aromatic nitrogens is 1. The number of benzene rings is 1. The van der Waals surface area contributed by atoms with E-state index in [1.54, 1.807) is 12.4 Å². The van der Waals surface area contributed by atoms with Gasteiger partial charge in [-0.05, 0) is 55.7 Å². The summed E-state index contributed by atoms with van der Waals surface area (Å²) in [5.74, 6) is -0.831. The number of aryl methyl sites for hydroxylation is 1. The second-order valence-corrected chi connectivity index (χ2v) is 8.53. The number of halogens is 1. The summed E-state index contributed by atoms with van der Waals surface area (Å²) in [5.41, 5.74) is 1.94. The molecule has 0 bridgehead atoms. The summed E-state index contributed by atoms with van der Waals surface area (Å²) in [6.45, 7) is 3.08. The van der Waals surface area contributed by atoms with E-state index < -0.39 is 21.9 Å². The van der Waals surface area contributed by atoms with Crippen molar-refractivity contribution in [3.63, 3.8) is 0 Å². The van der Waals surface area contributed by atoms with E-state index in [1.807, 2.05) is 13.0 Å². The Morgan fingerprint density at radius 2 is 2.00 bits per heavy atom. The lowest BCUT2D eigenvalue weighted by atomic mass is 10.2. The number of anilines is 1. The molecule has 1 atom stereocenters. The van der Waals surface area contributed by atoms with Crippen LogP contribution in [0.1, 0.15) is 18.4 Å². The predicted octanol–water partition coefficient (Wildman–Crippen LogP) is 1.91. The first-order valence-corrected chi connectivity index (χ1v) is 10.5.